The number of fused-ring (bicyclic) bond motifs is 1. The fraction of sp³-hybridized carbons (Fsp3) is 0.292. The molecule has 1 N–H and O–H groups in total. The van der Waals surface area contributed by atoms with Crippen molar-refractivity contribution in [3.05, 3.63) is 57.8 Å². The van der Waals surface area contributed by atoms with E-state index < -0.39 is 24.4 Å². The monoisotopic (exact) mass is 572 g/mol. The van der Waals surface area contributed by atoms with Gasteiger partial charge in [0.1, 0.15) is 5.69 Å². The summed E-state index contributed by atoms with van der Waals surface area (Å²) < 4.78 is 76.6. The minimum Gasteiger partial charge on any atom is -0.489 e. The highest BCUT2D eigenvalue weighted by molar-refractivity contribution is 7.15. The maximum Gasteiger partial charge on any atom is 0.434 e. The van der Waals surface area contributed by atoms with Crippen molar-refractivity contribution in [1.29, 1.82) is 0 Å². The number of thiazole rings is 2. The molecule has 1 amide bonds. The number of carbonyl (C=O) groups is 1. The van der Waals surface area contributed by atoms with Crippen LogP contribution < -0.4 is 14.8 Å². The fourth-order valence-electron chi connectivity index (χ4n) is 3.46. The zero-order valence-electron chi connectivity index (χ0n) is 19.8. The summed E-state index contributed by atoms with van der Waals surface area (Å²) in [5.41, 5.74) is -0.424. The molecule has 0 aliphatic carbocycles. The van der Waals surface area contributed by atoms with Crippen molar-refractivity contribution >= 4 is 50.8 Å². The molecular formula is C24H21F5N4O3S2. The van der Waals surface area contributed by atoms with Crippen LogP contribution >= 0.6 is 22.7 Å². The van der Waals surface area contributed by atoms with Crippen LogP contribution in [0.1, 0.15) is 53.6 Å². The predicted octanol–water partition coefficient (Wildman–Crippen LogP) is 7.46. The van der Waals surface area contributed by atoms with Crippen molar-refractivity contribution in [3.63, 3.8) is 0 Å². The van der Waals surface area contributed by atoms with Crippen LogP contribution in [0, 0.1) is 0 Å². The molecule has 7 nitrogen and oxygen atoms in total. The normalized spacial score (nSPS) is 12.1. The van der Waals surface area contributed by atoms with E-state index in [9.17, 15) is 26.7 Å². The van der Waals surface area contributed by atoms with E-state index in [1.54, 1.807) is 23.7 Å². The standard InChI is InChI=1S/C24H21F5N4O3S2/c1-2-3-4-11-35-19-14(6-5-7-16(19)36-21(25)26)8-9-15-18(33-10-12-37-23(33)30-15)20(34)32-22-31-17(13-38-22)24(27,28)29/h5-10,12-13,21H,2-4,11H2,1H3,(H,31,32,34)/b9-8+. The molecule has 3 heterocycles. The van der Waals surface area contributed by atoms with E-state index in [2.05, 4.69) is 20.0 Å². The molecular weight excluding hydrogens is 551 g/mol. The maximum absolute atomic E-state index is 13.1. The predicted molar refractivity (Wildman–Crippen MR) is 135 cm³/mol. The quantitative estimate of drug-likeness (QED) is 0.149. The average Bonchev–Trinajstić information content (AvgIpc) is 3.57. The van der Waals surface area contributed by atoms with Gasteiger partial charge in [0.15, 0.2) is 27.3 Å². The molecule has 202 valence electrons. The number of halogens is 5. The van der Waals surface area contributed by atoms with Gasteiger partial charge in [-0.25, -0.2) is 9.97 Å². The van der Waals surface area contributed by atoms with Gasteiger partial charge in [0.25, 0.3) is 5.91 Å². The minimum atomic E-state index is -4.64. The molecule has 0 radical (unpaired) electrons. The molecule has 0 aliphatic heterocycles. The van der Waals surface area contributed by atoms with E-state index in [0.29, 0.717) is 28.5 Å². The average molecular weight is 573 g/mol. The molecule has 0 saturated carbocycles. The number of anilines is 1. The van der Waals surface area contributed by atoms with Gasteiger partial charge in [-0.05, 0) is 24.6 Å². The van der Waals surface area contributed by atoms with Gasteiger partial charge in [-0.2, -0.15) is 22.0 Å². The number of hydrogen-bond donors (Lipinski definition) is 1. The van der Waals surface area contributed by atoms with Gasteiger partial charge in [0.05, 0.1) is 12.3 Å². The Morgan fingerprint density at radius 3 is 2.71 bits per heavy atom. The fourth-order valence-corrected chi connectivity index (χ4v) is 4.90. The van der Waals surface area contributed by atoms with Crippen LogP contribution in [0.2, 0.25) is 0 Å². The molecule has 0 fully saturated rings. The number of aromatic nitrogens is 3. The SMILES string of the molecule is CCCCCOc1c(/C=C/c2nc3sccn3c2C(=O)Nc2nc(C(F)(F)F)cs2)cccc1OC(F)F. The number of para-hydroxylation sites is 1. The summed E-state index contributed by atoms with van der Waals surface area (Å²) in [6.07, 6.45) is 2.57. The van der Waals surface area contributed by atoms with E-state index in [1.807, 2.05) is 6.92 Å². The second-order valence-electron chi connectivity index (χ2n) is 7.83. The van der Waals surface area contributed by atoms with Gasteiger partial charge in [0, 0.05) is 22.5 Å². The number of nitrogens with one attached hydrogen (secondary N) is 1. The van der Waals surface area contributed by atoms with Crippen molar-refractivity contribution in [2.75, 3.05) is 11.9 Å². The second kappa shape index (κ2) is 11.9. The Bertz CT molecular complexity index is 1430. The lowest BCUT2D eigenvalue weighted by Gasteiger charge is -2.14. The third kappa shape index (κ3) is 6.48. The molecule has 0 unspecified atom stereocenters. The van der Waals surface area contributed by atoms with Gasteiger partial charge in [-0.1, -0.05) is 31.9 Å². The lowest BCUT2D eigenvalue weighted by Crippen LogP contribution is -2.15. The summed E-state index contributed by atoms with van der Waals surface area (Å²) in [6.45, 7) is -0.735. The smallest absolute Gasteiger partial charge is 0.434 e. The summed E-state index contributed by atoms with van der Waals surface area (Å²) in [7, 11) is 0. The molecule has 14 heteroatoms. The topological polar surface area (TPSA) is 77.8 Å². The number of nitrogens with zero attached hydrogens (tertiary/aromatic N) is 3. The Morgan fingerprint density at radius 1 is 1.18 bits per heavy atom. The Labute approximate surface area is 221 Å². The third-order valence-electron chi connectivity index (χ3n) is 5.16. The molecule has 3 aromatic heterocycles. The third-order valence-corrected chi connectivity index (χ3v) is 6.67. The van der Waals surface area contributed by atoms with Gasteiger partial charge >= 0.3 is 12.8 Å². The van der Waals surface area contributed by atoms with Crippen LogP contribution in [0.3, 0.4) is 0 Å². The minimum absolute atomic E-state index is 0.0617. The molecule has 0 saturated heterocycles. The number of rotatable bonds is 11. The largest absolute Gasteiger partial charge is 0.489 e. The first-order valence-electron chi connectivity index (χ1n) is 11.4. The van der Waals surface area contributed by atoms with Crippen LogP contribution in [-0.2, 0) is 6.18 Å². The Morgan fingerprint density at radius 2 is 2.00 bits per heavy atom. The number of benzene rings is 1. The molecule has 4 rings (SSSR count). The van der Waals surface area contributed by atoms with Gasteiger partial charge in [-0.15, -0.1) is 22.7 Å². The van der Waals surface area contributed by atoms with Gasteiger partial charge in [0.2, 0.25) is 0 Å². The van der Waals surface area contributed by atoms with Gasteiger partial charge < -0.3 is 9.47 Å². The van der Waals surface area contributed by atoms with E-state index in [0.717, 1.165) is 24.6 Å². The van der Waals surface area contributed by atoms with Crippen LogP contribution in [0.5, 0.6) is 11.5 Å². The number of unbranched alkanes of at least 4 members (excludes halogenated alkanes) is 2. The Hall–Kier alpha value is -3.52. The lowest BCUT2D eigenvalue weighted by molar-refractivity contribution is -0.140. The summed E-state index contributed by atoms with van der Waals surface area (Å²) in [6, 6.07) is 4.53. The molecule has 1 aromatic carbocycles. The number of ether oxygens (including phenoxy) is 2. The molecule has 38 heavy (non-hydrogen) atoms. The first-order valence-corrected chi connectivity index (χ1v) is 13.1. The Kier molecular flexibility index (Phi) is 8.62. The summed E-state index contributed by atoms with van der Waals surface area (Å²) >= 11 is 1.90. The highest BCUT2D eigenvalue weighted by Gasteiger charge is 2.34. The second-order valence-corrected chi connectivity index (χ2v) is 9.56. The maximum atomic E-state index is 13.1. The molecule has 4 aromatic rings. The molecule has 0 bridgehead atoms. The first-order chi connectivity index (χ1) is 18.2. The summed E-state index contributed by atoms with van der Waals surface area (Å²) in [4.78, 5) is 21.4. The van der Waals surface area contributed by atoms with Crippen molar-refractivity contribution in [2.45, 2.75) is 39.0 Å². The molecule has 0 spiro atoms. The highest BCUT2D eigenvalue weighted by atomic mass is 32.1. The van der Waals surface area contributed by atoms with Crippen molar-refractivity contribution in [1.82, 2.24) is 14.4 Å². The van der Waals surface area contributed by atoms with E-state index in [-0.39, 0.29) is 28.0 Å². The van der Waals surface area contributed by atoms with E-state index in [4.69, 9.17) is 4.74 Å². The van der Waals surface area contributed by atoms with Crippen LogP contribution in [0.15, 0.2) is 35.2 Å². The zero-order valence-corrected chi connectivity index (χ0v) is 21.4. The lowest BCUT2D eigenvalue weighted by atomic mass is 10.1. The van der Waals surface area contributed by atoms with Crippen molar-refractivity contribution in [3.8, 4) is 11.5 Å². The van der Waals surface area contributed by atoms with Gasteiger partial charge in [-0.3, -0.25) is 14.5 Å². The zero-order chi connectivity index (χ0) is 27.3. The van der Waals surface area contributed by atoms with Crippen molar-refractivity contribution in [2.24, 2.45) is 0 Å². The summed E-state index contributed by atoms with van der Waals surface area (Å²) in [5, 5.41) is 4.68. The van der Waals surface area contributed by atoms with Crippen LogP contribution in [-0.4, -0.2) is 33.5 Å². The number of hydrogen-bond acceptors (Lipinski definition) is 7. The van der Waals surface area contributed by atoms with Crippen LogP contribution in [0.25, 0.3) is 17.1 Å². The number of alkyl halides is 5. The number of imidazole rings is 1. The summed E-state index contributed by atoms with van der Waals surface area (Å²) in [5.74, 6) is -0.731. The first kappa shape index (κ1) is 27.5. The number of carbonyl (C=O) groups excluding carboxylic acids is 1. The van der Waals surface area contributed by atoms with E-state index in [1.165, 1.54) is 33.9 Å². The highest BCUT2D eigenvalue weighted by Crippen LogP contribution is 2.35. The van der Waals surface area contributed by atoms with Crippen molar-refractivity contribution < 1.29 is 36.2 Å². The van der Waals surface area contributed by atoms with Crippen LogP contribution in [0.4, 0.5) is 27.1 Å². The molecule has 0 aliphatic rings. The molecule has 0 atom stereocenters. The van der Waals surface area contributed by atoms with E-state index >= 15 is 0 Å². The Balaban J connectivity index is 1.64. The number of amides is 1.